The van der Waals surface area contributed by atoms with Crippen LogP contribution in [0.2, 0.25) is 12.1 Å². The summed E-state index contributed by atoms with van der Waals surface area (Å²) in [4.78, 5) is 13.2. The summed E-state index contributed by atoms with van der Waals surface area (Å²) in [7, 11) is 4.13. The normalized spacial score (nSPS) is 12.4. The van der Waals surface area contributed by atoms with Gasteiger partial charge in [0.2, 0.25) is 0 Å². The third kappa shape index (κ3) is 7.15. The average Bonchev–Trinajstić information content (AvgIpc) is 2.61. The van der Waals surface area contributed by atoms with Crippen LogP contribution in [-0.4, -0.2) is 84.3 Å². The molecule has 0 atom stereocenters. The minimum Gasteiger partial charge on any atom is -0.377 e. The number of hydrogen-bond donors (Lipinski definition) is 1. The number of amides is 2. The SMILES string of the molecule is CO[Si](CCCN(CCC[Si](OC)(OC)OC)C(N)=O)(OC)OC. The van der Waals surface area contributed by atoms with Crippen LogP contribution in [0.5, 0.6) is 0 Å². The summed E-state index contributed by atoms with van der Waals surface area (Å²) < 4.78 is 32.2. The van der Waals surface area contributed by atoms with E-state index < -0.39 is 23.6 Å². The summed E-state index contributed by atoms with van der Waals surface area (Å²) in [5, 5.41) is 0. The predicted molar refractivity (Wildman–Crippen MR) is 93.6 cm³/mol. The zero-order valence-corrected chi connectivity index (χ0v) is 17.6. The van der Waals surface area contributed by atoms with E-state index in [-0.39, 0.29) is 0 Å². The third-order valence-electron chi connectivity index (χ3n) is 4.00. The lowest BCUT2D eigenvalue weighted by Gasteiger charge is -2.27. The van der Waals surface area contributed by atoms with Crippen molar-refractivity contribution in [2.75, 3.05) is 55.7 Å². The highest BCUT2D eigenvalue weighted by atomic mass is 28.4. The van der Waals surface area contributed by atoms with Crippen molar-refractivity contribution >= 4 is 23.6 Å². The Morgan fingerprint density at radius 1 is 0.750 bits per heavy atom. The van der Waals surface area contributed by atoms with Crippen molar-refractivity contribution in [2.45, 2.75) is 24.9 Å². The molecule has 0 aromatic carbocycles. The maximum Gasteiger partial charge on any atom is 0.500 e. The molecule has 0 saturated heterocycles. The van der Waals surface area contributed by atoms with Crippen molar-refractivity contribution < 1.29 is 31.4 Å². The molecule has 9 nitrogen and oxygen atoms in total. The summed E-state index contributed by atoms with van der Waals surface area (Å²) in [6, 6.07) is 0.745. The molecule has 11 heteroatoms. The Morgan fingerprint density at radius 2 is 1.04 bits per heavy atom. The van der Waals surface area contributed by atoms with Gasteiger partial charge in [-0.2, -0.15) is 0 Å². The number of hydrogen-bond acceptors (Lipinski definition) is 7. The number of urea groups is 1. The molecule has 2 N–H and O–H groups in total. The van der Waals surface area contributed by atoms with Crippen LogP contribution >= 0.6 is 0 Å². The fraction of sp³-hybridized carbons (Fsp3) is 0.923. The Morgan fingerprint density at radius 3 is 1.25 bits per heavy atom. The lowest BCUT2D eigenvalue weighted by Crippen LogP contribution is -2.45. The van der Waals surface area contributed by atoms with Crippen molar-refractivity contribution in [2.24, 2.45) is 5.73 Å². The summed E-state index contributed by atoms with van der Waals surface area (Å²) in [5.74, 6) is 0. The van der Waals surface area contributed by atoms with Gasteiger partial charge in [-0.15, -0.1) is 0 Å². The maximum atomic E-state index is 11.6. The molecule has 0 unspecified atom stereocenters. The minimum absolute atomic E-state index is 0.464. The molecule has 0 spiro atoms. The first-order chi connectivity index (χ1) is 11.4. The molecule has 24 heavy (non-hydrogen) atoms. The Bertz CT molecular complexity index is 313. The molecule has 0 heterocycles. The van der Waals surface area contributed by atoms with Gasteiger partial charge in [0, 0.05) is 67.8 Å². The van der Waals surface area contributed by atoms with Crippen molar-refractivity contribution in [1.82, 2.24) is 4.90 Å². The van der Waals surface area contributed by atoms with Gasteiger partial charge < -0.3 is 37.2 Å². The standard InChI is InChI=1S/C13H32N2O7Si2/c1-17-23(18-2,19-3)11-7-9-15(13(14)16)10-8-12-24(20-4,21-5)22-6/h7-12H2,1-6H3,(H2,14,16). The molecule has 0 bridgehead atoms. The second kappa shape index (κ2) is 11.9. The smallest absolute Gasteiger partial charge is 0.377 e. The van der Waals surface area contributed by atoms with Crippen molar-refractivity contribution in [3.63, 3.8) is 0 Å². The lowest BCUT2D eigenvalue weighted by molar-refractivity contribution is 0.120. The highest BCUT2D eigenvalue weighted by Gasteiger charge is 2.38. The number of primary amides is 1. The molecule has 0 fully saturated rings. The molecule has 0 aromatic rings. The Balaban J connectivity index is 4.45. The van der Waals surface area contributed by atoms with E-state index >= 15 is 0 Å². The van der Waals surface area contributed by atoms with Gasteiger partial charge in [-0.25, -0.2) is 4.79 Å². The van der Waals surface area contributed by atoms with Crippen LogP contribution in [0.1, 0.15) is 12.8 Å². The van der Waals surface area contributed by atoms with Crippen molar-refractivity contribution in [1.29, 1.82) is 0 Å². The number of carbonyl (C=O) groups excluding carboxylic acids is 1. The van der Waals surface area contributed by atoms with E-state index in [1.165, 1.54) is 0 Å². The third-order valence-corrected chi connectivity index (χ3v) is 9.66. The molecule has 0 radical (unpaired) electrons. The average molecular weight is 385 g/mol. The van der Waals surface area contributed by atoms with Crippen LogP contribution in [-0.2, 0) is 26.6 Å². The summed E-state index contributed by atoms with van der Waals surface area (Å²) >= 11 is 0. The molecule has 0 aliphatic carbocycles. The molecule has 144 valence electrons. The molecular formula is C13H32N2O7Si2. The molecule has 0 aliphatic rings. The van der Waals surface area contributed by atoms with E-state index in [4.69, 9.17) is 32.3 Å². The number of rotatable bonds is 14. The van der Waals surface area contributed by atoms with E-state index in [1.807, 2.05) is 0 Å². The Labute approximate surface area is 147 Å². The monoisotopic (exact) mass is 384 g/mol. The Kier molecular flexibility index (Phi) is 11.7. The number of nitrogens with two attached hydrogens (primary N) is 1. The van der Waals surface area contributed by atoms with Gasteiger partial charge in [-0.3, -0.25) is 0 Å². The summed E-state index contributed by atoms with van der Waals surface area (Å²) in [5.41, 5.74) is 5.45. The highest BCUT2D eigenvalue weighted by molar-refractivity contribution is 6.60. The largest absolute Gasteiger partial charge is 0.500 e. The lowest BCUT2D eigenvalue weighted by atomic mass is 10.4. The topological polar surface area (TPSA) is 102 Å². The predicted octanol–water partition coefficient (Wildman–Crippen LogP) is 0.904. The number of carbonyl (C=O) groups is 1. The fourth-order valence-corrected chi connectivity index (χ4v) is 5.82. The van der Waals surface area contributed by atoms with Crippen molar-refractivity contribution in [3.05, 3.63) is 0 Å². The molecule has 0 rings (SSSR count). The first-order valence-electron chi connectivity index (χ1n) is 7.73. The molecule has 0 aromatic heterocycles. The van der Waals surface area contributed by atoms with E-state index in [2.05, 4.69) is 0 Å². The van der Waals surface area contributed by atoms with Gasteiger partial charge in [-0.05, 0) is 12.8 Å². The van der Waals surface area contributed by atoms with Gasteiger partial charge in [0.05, 0.1) is 0 Å². The zero-order valence-electron chi connectivity index (χ0n) is 15.6. The van der Waals surface area contributed by atoms with E-state index in [1.54, 1.807) is 47.6 Å². The molecular weight excluding hydrogens is 352 g/mol. The van der Waals surface area contributed by atoms with Crippen LogP contribution in [0.15, 0.2) is 0 Å². The van der Waals surface area contributed by atoms with Gasteiger partial charge >= 0.3 is 23.6 Å². The summed E-state index contributed by atoms with van der Waals surface area (Å²) in [6.45, 7) is 1.00. The van der Waals surface area contributed by atoms with E-state index in [0.717, 1.165) is 0 Å². The van der Waals surface area contributed by atoms with Gasteiger partial charge in [-0.1, -0.05) is 0 Å². The first kappa shape index (κ1) is 23.5. The molecule has 0 saturated carbocycles. The fourth-order valence-electron chi connectivity index (χ4n) is 2.42. The quantitative estimate of drug-likeness (QED) is 0.444. The van der Waals surface area contributed by atoms with E-state index in [0.29, 0.717) is 38.0 Å². The zero-order chi connectivity index (χ0) is 18.6. The van der Waals surface area contributed by atoms with Crippen LogP contribution in [0.4, 0.5) is 4.79 Å². The second-order valence-corrected chi connectivity index (χ2v) is 11.3. The second-order valence-electron chi connectivity index (χ2n) is 5.12. The van der Waals surface area contributed by atoms with E-state index in [9.17, 15) is 4.79 Å². The molecule has 2 amide bonds. The van der Waals surface area contributed by atoms with Gasteiger partial charge in [0.15, 0.2) is 0 Å². The van der Waals surface area contributed by atoms with Gasteiger partial charge in [0.1, 0.15) is 0 Å². The number of nitrogens with zero attached hydrogens (tertiary/aromatic N) is 1. The highest BCUT2D eigenvalue weighted by Crippen LogP contribution is 2.17. The van der Waals surface area contributed by atoms with Crippen LogP contribution < -0.4 is 5.73 Å². The first-order valence-corrected chi connectivity index (χ1v) is 11.6. The van der Waals surface area contributed by atoms with Crippen LogP contribution in [0.25, 0.3) is 0 Å². The Hall–Kier alpha value is -0.536. The molecule has 0 aliphatic heterocycles. The van der Waals surface area contributed by atoms with Gasteiger partial charge in [0.25, 0.3) is 0 Å². The van der Waals surface area contributed by atoms with Crippen LogP contribution in [0, 0.1) is 0 Å². The minimum atomic E-state index is -2.63. The van der Waals surface area contributed by atoms with Crippen LogP contribution in [0.3, 0.4) is 0 Å². The maximum absolute atomic E-state index is 11.6. The van der Waals surface area contributed by atoms with Crippen molar-refractivity contribution in [3.8, 4) is 0 Å². The summed E-state index contributed by atoms with van der Waals surface area (Å²) in [6.07, 6.45) is 1.35.